The molecule has 1 N–H and O–H groups in total. The standard InChI is InChI=1S/C18H31NO/c20-13-17-3-1-2-5-19(17)6-4-18-10-14-7-15(11-18)9-16(8-14)12-18/h14-17,20H,1-13H2. The van der Waals surface area contributed by atoms with Gasteiger partial charge in [0.15, 0.2) is 0 Å². The van der Waals surface area contributed by atoms with Crippen molar-refractivity contribution in [1.29, 1.82) is 0 Å². The quantitative estimate of drug-likeness (QED) is 0.851. The van der Waals surface area contributed by atoms with Crippen molar-refractivity contribution in [3.8, 4) is 0 Å². The Hall–Kier alpha value is -0.0800. The lowest BCUT2D eigenvalue weighted by atomic mass is 9.49. The summed E-state index contributed by atoms with van der Waals surface area (Å²) in [6.07, 6.45) is 14.6. The van der Waals surface area contributed by atoms with Crippen molar-refractivity contribution >= 4 is 0 Å². The van der Waals surface area contributed by atoms with Crippen molar-refractivity contribution in [1.82, 2.24) is 4.90 Å². The average Bonchev–Trinajstić information content (AvgIpc) is 2.44. The largest absolute Gasteiger partial charge is 0.395 e. The molecule has 1 atom stereocenters. The molecule has 0 aromatic rings. The molecule has 1 aliphatic heterocycles. The monoisotopic (exact) mass is 277 g/mol. The second-order valence-electron chi connectivity index (χ2n) is 8.54. The van der Waals surface area contributed by atoms with Crippen molar-refractivity contribution in [2.45, 2.75) is 70.3 Å². The van der Waals surface area contributed by atoms with E-state index in [1.807, 2.05) is 0 Å². The molecular formula is C18H31NO. The van der Waals surface area contributed by atoms with Gasteiger partial charge in [-0.1, -0.05) is 6.42 Å². The maximum absolute atomic E-state index is 9.58. The summed E-state index contributed by atoms with van der Waals surface area (Å²) in [6.45, 7) is 2.87. The fourth-order valence-electron chi connectivity index (χ4n) is 6.54. The highest BCUT2D eigenvalue weighted by Crippen LogP contribution is 2.61. The van der Waals surface area contributed by atoms with Crippen molar-refractivity contribution in [3.05, 3.63) is 0 Å². The van der Waals surface area contributed by atoms with E-state index in [9.17, 15) is 5.11 Å². The minimum absolute atomic E-state index is 0.376. The van der Waals surface area contributed by atoms with Gasteiger partial charge in [0.2, 0.25) is 0 Å². The molecule has 1 unspecified atom stereocenters. The Morgan fingerprint density at radius 2 is 1.60 bits per heavy atom. The molecular weight excluding hydrogens is 246 g/mol. The van der Waals surface area contributed by atoms with Crippen LogP contribution in [0.15, 0.2) is 0 Å². The fourth-order valence-corrected chi connectivity index (χ4v) is 6.54. The second kappa shape index (κ2) is 5.28. The minimum Gasteiger partial charge on any atom is -0.395 e. The van der Waals surface area contributed by atoms with E-state index in [-0.39, 0.29) is 0 Å². The number of hydrogen-bond acceptors (Lipinski definition) is 2. The number of rotatable bonds is 4. The normalized spacial score (nSPS) is 47.9. The molecule has 114 valence electrons. The molecule has 0 aromatic heterocycles. The molecule has 5 aliphatic rings. The molecule has 4 aliphatic carbocycles. The van der Waals surface area contributed by atoms with Gasteiger partial charge in [0.05, 0.1) is 6.61 Å². The molecule has 20 heavy (non-hydrogen) atoms. The van der Waals surface area contributed by atoms with Gasteiger partial charge in [-0.2, -0.15) is 0 Å². The zero-order valence-electron chi connectivity index (χ0n) is 12.9. The number of hydrogen-bond donors (Lipinski definition) is 1. The third-order valence-electron chi connectivity index (χ3n) is 7.05. The van der Waals surface area contributed by atoms with Crippen LogP contribution >= 0.6 is 0 Å². The first-order valence-electron chi connectivity index (χ1n) is 9.11. The predicted octanol–water partition coefficient (Wildman–Crippen LogP) is 3.44. The number of aliphatic hydroxyl groups is 1. The lowest BCUT2D eigenvalue weighted by molar-refractivity contribution is -0.0644. The van der Waals surface area contributed by atoms with Crippen LogP contribution in [0.1, 0.15) is 64.2 Å². The summed E-state index contributed by atoms with van der Waals surface area (Å²) >= 11 is 0. The van der Waals surface area contributed by atoms with Crippen LogP contribution in [0.2, 0.25) is 0 Å². The number of piperidine rings is 1. The van der Waals surface area contributed by atoms with Gasteiger partial charge < -0.3 is 5.11 Å². The number of likely N-dealkylation sites (tertiary alicyclic amines) is 1. The van der Waals surface area contributed by atoms with Gasteiger partial charge >= 0.3 is 0 Å². The van der Waals surface area contributed by atoms with Crippen LogP contribution in [0.25, 0.3) is 0 Å². The van der Waals surface area contributed by atoms with Gasteiger partial charge in [-0.3, -0.25) is 4.90 Å². The molecule has 0 aromatic carbocycles. The molecule has 5 fully saturated rings. The molecule has 1 heterocycles. The third-order valence-corrected chi connectivity index (χ3v) is 7.05. The first-order valence-corrected chi connectivity index (χ1v) is 9.11. The molecule has 0 radical (unpaired) electrons. The fraction of sp³-hybridized carbons (Fsp3) is 1.00. The van der Waals surface area contributed by atoms with E-state index in [1.165, 1.54) is 58.0 Å². The Labute approximate surface area is 123 Å². The molecule has 4 bridgehead atoms. The van der Waals surface area contributed by atoms with Gasteiger partial charge in [-0.05, 0) is 94.0 Å². The summed E-state index contributed by atoms with van der Waals surface area (Å²) in [5.74, 6) is 3.24. The Bertz CT molecular complexity index is 318. The minimum atomic E-state index is 0.376. The van der Waals surface area contributed by atoms with Gasteiger partial charge in [0, 0.05) is 6.04 Å². The van der Waals surface area contributed by atoms with Crippen LogP contribution in [0.3, 0.4) is 0 Å². The van der Waals surface area contributed by atoms with E-state index in [1.54, 1.807) is 19.3 Å². The second-order valence-corrected chi connectivity index (χ2v) is 8.54. The molecule has 4 saturated carbocycles. The zero-order chi connectivity index (χ0) is 13.6. The Morgan fingerprint density at radius 3 is 2.20 bits per heavy atom. The third kappa shape index (κ3) is 2.43. The van der Waals surface area contributed by atoms with Crippen molar-refractivity contribution in [3.63, 3.8) is 0 Å². The van der Waals surface area contributed by atoms with Crippen molar-refractivity contribution < 1.29 is 5.11 Å². The SMILES string of the molecule is OCC1CCCCN1CCC12CC3CC(CC(C3)C1)C2. The summed E-state index contributed by atoms with van der Waals surface area (Å²) < 4.78 is 0. The highest BCUT2D eigenvalue weighted by atomic mass is 16.3. The number of nitrogens with zero attached hydrogens (tertiary/aromatic N) is 1. The maximum Gasteiger partial charge on any atom is 0.0586 e. The van der Waals surface area contributed by atoms with E-state index in [0.717, 1.165) is 17.8 Å². The lowest BCUT2D eigenvalue weighted by Gasteiger charge is -2.57. The van der Waals surface area contributed by atoms with E-state index in [2.05, 4.69) is 4.90 Å². The number of aliphatic hydroxyl groups excluding tert-OH is 1. The van der Waals surface area contributed by atoms with Crippen LogP contribution in [0, 0.1) is 23.2 Å². The highest BCUT2D eigenvalue weighted by Gasteiger charge is 2.50. The van der Waals surface area contributed by atoms with E-state index >= 15 is 0 Å². The topological polar surface area (TPSA) is 23.5 Å². The Kier molecular flexibility index (Phi) is 3.58. The summed E-state index contributed by atoms with van der Waals surface area (Å²) in [5, 5.41) is 9.58. The highest BCUT2D eigenvalue weighted by molar-refractivity contribution is 5.01. The lowest BCUT2D eigenvalue weighted by Crippen LogP contribution is -2.49. The zero-order valence-corrected chi connectivity index (χ0v) is 12.9. The Balaban J connectivity index is 1.39. The van der Waals surface area contributed by atoms with Crippen LogP contribution in [-0.2, 0) is 0 Å². The van der Waals surface area contributed by atoms with Crippen molar-refractivity contribution in [2.24, 2.45) is 23.2 Å². The molecule has 2 heteroatoms. The van der Waals surface area contributed by atoms with Crippen molar-refractivity contribution in [2.75, 3.05) is 19.7 Å². The molecule has 0 amide bonds. The van der Waals surface area contributed by atoms with Crippen LogP contribution in [-0.4, -0.2) is 35.7 Å². The van der Waals surface area contributed by atoms with Crippen LogP contribution < -0.4 is 0 Å². The van der Waals surface area contributed by atoms with E-state index < -0.39 is 0 Å². The van der Waals surface area contributed by atoms with Crippen LogP contribution in [0.5, 0.6) is 0 Å². The van der Waals surface area contributed by atoms with Crippen LogP contribution in [0.4, 0.5) is 0 Å². The summed E-state index contributed by atoms with van der Waals surface area (Å²) in [7, 11) is 0. The average molecular weight is 277 g/mol. The van der Waals surface area contributed by atoms with Gasteiger partial charge in [-0.15, -0.1) is 0 Å². The molecule has 0 spiro atoms. The molecule has 2 nitrogen and oxygen atoms in total. The molecule has 1 saturated heterocycles. The molecule has 5 rings (SSSR count). The van der Waals surface area contributed by atoms with Gasteiger partial charge in [0.1, 0.15) is 0 Å². The maximum atomic E-state index is 9.58. The van der Waals surface area contributed by atoms with Gasteiger partial charge in [0.25, 0.3) is 0 Å². The predicted molar refractivity (Wildman–Crippen MR) is 81.5 cm³/mol. The summed E-state index contributed by atoms with van der Waals surface area (Å²) in [5.41, 5.74) is 0.714. The van der Waals surface area contributed by atoms with E-state index in [0.29, 0.717) is 18.1 Å². The first kappa shape index (κ1) is 13.6. The van der Waals surface area contributed by atoms with Gasteiger partial charge in [-0.25, -0.2) is 0 Å². The Morgan fingerprint density at radius 1 is 0.950 bits per heavy atom. The smallest absolute Gasteiger partial charge is 0.0586 e. The summed E-state index contributed by atoms with van der Waals surface area (Å²) in [4.78, 5) is 2.61. The van der Waals surface area contributed by atoms with E-state index in [4.69, 9.17) is 0 Å². The summed E-state index contributed by atoms with van der Waals surface area (Å²) in [6, 6.07) is 0.470. The first-order chi connectivity index (χ1) is 9.76.